The van der Waals surface area contributed by atoms with Crippen LogP contribution in [-0.2, 0) is 0 Å². The maximum atomic E-state index is 11.6. The monoisotopic (exact) mass is 241 g/mol. The number of likely N-dealkylation sites (N-methyl/N-ethyl adjacent to an activating group) is 1. The first-order valence-corrected chi connectivity index (χ1v) is 6.80. The number of urea groups is 1. The van der Waals surface area contributed by atoms with E-state index in [2.05, 4.69) is 36.6 Å². The van der Waals surface area contributed by atoms with Crippen LogP contribution in [0.3, 0.4) is 0 Å². The first kappa shape index (κ1) is 14.3. The number of amides is 2. The number of hydrogen-bond donors (Lipinski definition) is 2. The smallest absolute Gasteiger partial charge is 0.314 e. The molecule has 1 rings (SSSR count). The molecule has 0 atom stereocenters. The molecule has 0 aliphatic heterocycles. The van der Waals surface area contributed by atoms with E-state index >= 15 is 0 Å². The summed E-state index contributed by atoms with van der Waals surface area (Å²) in [7, 11) is 4.24. The van der Waals surface area contributed by atoms with Crippen LogP contribution in [0.25, 0.3) is 0 Å². The van der Waals surface area contributed by atoms with E-state index in [-0.39, 0.29) is 11.6 Å². The molecule has 4 nitrogen and oxygen atoms in total. The molecular formula is C13H27N3O. The normalized spacial score (nSPS) is 19.1. The van der Waals surface area contributed by atoms with Crippen LogP contribution in [0.2, 0.25) is 0 Å². The van der Waals surface area contributed by atoms with Gasteiger partial charge >= 0.3 is 6.03 Å². The lowest BCUT2D eigenvalue weighted by molar-refractivity contribution is 0.101. The largest absolute Gasteiger partial charge is 0.338 e. The van der Waals surface area contributed by atoms with Crippen LogP contribution in [0.4, 0.5) is 4.79 Å². The van der Waals surface area contributed by atoms with Crippen molar-refractivity contribution in [3.63, 3.8) is 0 Å². The molecule has 2 amide bonds. The minimum absolute atomic E-state index is 0.0290. The fourth-order valence-corrected chi connectivity index (χ4v) is 2.54. The summed E-state index contributed by atoms with van der Waals surface area (Å²) in [5.74, 6) is 0. The zero-order chi connectivity index (χ0) is 12.7. The minimum Gasteiger partial charge on any atom is -0.338 e. The van der Waals surface area contributed by atoms with Crippen molar-refractivity contribution < 1.29 is 4.79 Å². The Balaban J connectivity index is 2.41. The van der Waals surface area contributed by atoms with Gasteiger partial charge in [-0.3, -0.25) is 0 Å². The third-order valence-electron chi connectivity index (χ3n) is 3.85. The van der Waals surface area contributed by atoms with Crippen molar-refractivity contribution in [2.24, 2.45) is 0 Å². The summed E-state index contributed by atoms with van der Waals surface area (Å²) >= 11 is 0. The molecule has 0 aromatic carbocycles. The Morgan fingerprint density at radius 1 is 1.18 bits per heavy atom. The lowest BCUT2D eigenvalue weighted by Gasteiger charge is -2.43. The van der Waals surface area contributed by atoms with Gasteiger partial charge in [0.2, 0.25) is 0 Å². The number of nitrogens with one attached hydrogen (secondary N) is 2. The molecule has 100 valence electrons. The van der Waals surface area contributed by atoms with E-state index < -0.39 is 0 Å². The van der Waals surface area contributed by atoms with Gasteiger partial charge in [-0.1, -0.05) is 26.2 Å². The highest BCUT2D eigenvalue weighted by Crippen LogP contribution is 2.31. The molecule has 1 aliphatic rings. The molecule has 0 radical (unpaired) electrons. The van der Waals surface area contributed by atoms with Crippen LogP contribution in [0.15, 0.2) is 0 Å². The molecule has 2 N–H and O–H groups in total. The Morgan fingerprint density at radius 3 is 2.35 bits per heavy atom. The van der Waals surface area contributed by atoms with Crippen molar-refractivity contribution in [1.29, 1.82) is 0 Å². The van der Waals surface area contributed by atoms with Crippen LogP contribution >= 0.6 is 0 Å². The Hall–Kier alpha value is -0.770. The summed E-state index contributed by atoms with van der Waals surface area (Å²) in [6.07, 6.45) is 7.23. The molecule has 4 heteroatoms. The van der Waals surface area contributed by atoms with E-state index in [1.54, 1.807) is 0 Å². The second-order valence-electron chi connectivity index (χ2n) is 5.29. The summed E-state index contributed by atoms with van der Waals surface area (Å²) in [4.78, 5) is 13.9. The van der Waals surface area contributed by atoms with Gasteiger partial charge < -0.3 is 15.5 Å². The molecule has 0 bridgehead atoms. The Labute approximate surface area is 105 Å². The second-order valence-corrected chi connectivity index (χ2v) is 5.29. The Morgan fingerprint density at radius 2 is 1.82 bits per heavy atom. The lowest BCUT2D eigenvalue weighted by Crippen LogP contribution is -2.55. The molecule has 1 fully saturated rings. The van der Waals surface area contributed by atoms with Gasteiger partial charge in [-0.2, -0.15) is 0 Å². The van der Waals surface area contributed by atoms with E-state index in [4.69, 9.17) is 0 Å². The van der Waals surface area contributed by atoms with Gasteiger partial charge in [0.1, 0.15) is 0 Å². The topological polar surface area (TPSA) is 44.4 Å². The maximum absolute atomic E-state index is 11.6. The molecular weight excluding hydrogens is 214 g/mol. The van der Waals surface area contributed by atoms with E-state index in [1.807, 2.05) is 0 Å². The molecule has 0 spiro atoms. The van der Waals surface area contributed by atoms with Crippen LogP contribution in [0, 0.1) is 0 Å². The third kappa shape index (κ3) is 4.19. The van der Waals surface area contributed by atoms with Crippen LogP contribution < -0.4 is 10.6 Å². The summed E-state index contributed by atoms with van der Waals surface area (Å²) in [6, 6.07) is -0.0290. The second kappa shape index (κ2) is 6.84. The molecule has 0 saturated heterocycles. The summed E-state index contributed by atoms with van der Waals surface area (Å²) in [5, 5.41) is 5.88. The first-order valence-electron chi connectivity index (χ1n) is 6.80. The molecule has 0 aromatic rings. The van der Waals surface area contributed by atoms with Gasteiger partial charge in [0, 0.05) is 18.6 Å². The average Bonchev–Trinajstić information content (AvgIpc) is 2.34. The van der Waals surface area contributed by atoms with Gasteiger partial charge in [-0.05, 0) is 33.4 Å². The van der Waals surface area contributed by atoms with Gasteiger partial charge in [0.15, 0.2) is 0 Å². The summed E-state index contributed by atoms with van der Waals surface area (Å²) < 4.78 is 0. The molecule has 0 aromatic heterocycles. The number of carbonyl (C=O) groups excluding carboxylic acids is 1. The molecule has 0 heterocycles. The van der Waals surface area contributed by atoms with Crippen molar-refractivity contribution in [1.82, 2.24) is 15.5 Å². The third-order valence-corrected chi connectivity index (χ3v) is 3.85. The quantitative estimate of drug-likeness (QED) is 0.773. The molecule has 17 heavy (non-hydrogen) atoms. The van der Waals surface area contributed by atoms with Crippen LogP contribution in [0.1, 0.15) is 45.4 Å². The van der Waals surface area contributed by atoms with E-state index in [9.17, 15) is 4.79 Å². The highest BCUT2D eigenvalue weighted by molar-refractivity contribution is 5.73. The van der Waals surface area contributed by atoms with Crippen molar-refractivity contribution in [2.75, 3.05) is 27.2 Å². The average molecular weight is 241 g/mol. The highest BCUT2D eigenvalue weighted by atomic mass is 16.2. The summed E-state index contributed by atoms with van der Waals surface area (Å²) in [6.45, 7) is 3.57. The zero-order valence-electron chi connectivity index (χ0n) is 11.5. The van der Waals surface area contributed by atoms with Crippen molar-refractivity contribution in [3.8, 4) is 0 Å². The van der Waals surface area contributed by atoms with Gasteiger partial charge in [0.05, 0.1) is 0 Å². The standard InChI is InChI=1S/C13H27N3O/c1-4-10-14-12(17)15-11-13(16(2)3)8-6-5-7-9-13/h4-11H2,1-3H3,(H2,14,15,17). The lowest BCUT2D eigenvalue weighted by atomic mass is 9.80. The van der Waals surface area contributed by atoms with Crippen LogP contribution in [-0.4, -0.2) is 43.7 Å². The summed E-state index contributed by atoms with van der Waals surface area (Å²) in [5.41, 5.74) is 0.168. The maximum Gasteiger partial charge on any atom is 0.314 e. The Bertz CT molecular complexity index is 235. The predicted molar refractivity (Wildman–Crippen MR) is 71.2 cm³/mol. The number of hydrogen-bond acceptors (Lipinski definition) is 2. The van der Waals surface area contributed by atoms with Gasteiger partial charge in [0.25, 0.3) is 0 Å². The number of carbonyl (C=O) groups is 1. The van der Waals surface area contributed by atoms with Crippen molar-refractivity contribution >= 4 is 6.03 Å². The minimum atomic E-state index is -0.0290. The fraction of sp³-hybridized carbons (Fsp3) is 0.923. The van der Waals surface area contributed by atoms with Gasteiger partial charge in [-0.25, -0.2) is 4.79 Å². The highest BCUT2D eigenvalue weighted by Gasteiger charge is 2.34. The van der Waals surface area contributed by atoms with E-state index in [0.717, 1.165) is 19.5 Å². The van der Waals surface area contributed by atoms with Crippen molar-refractivity contribution in [2.45, 2.75) is 51.0 Å². The number of rotatable bonds is 5. The SMILES string of the molecule is CCCNC(=O)NCC1(N(C)C)CCCCC1. The number of nitrogens with zero attached hydrogens (tertiary/aromatic N) is 1. The molecule has 1 aliphatic carbocycles. The first-order chi connectivity index (χ1) is 8.10. The van der Waals surface area contributed by atoms with E-state index in [1.165, 1.54) is 32.1 Å². The molecule has 0 unspecified atom stereocenters. The Kier molecular flexibility index (Phi) is 5.75. The van der Waals surface area contributed by atoms with Crippen LogP contribution in [0.5, 0.6) is 0 Å². The zero-order valence-corrected chi connectivity index (χ0v) is 11.5. The molecule has 1 saturated carbocycles. The fourth-order valence-electron chi connectivity index (χ4n) is 2.54. The predicted octanol–water partition coefficient (Wildman–Crippen LogP) is 1.96. The van der Waals surface area contributed by atoms with E-state index in [0.29, 0.717) is 0 Å². The van der Waals surface area contributed by atoms with Crippen molar-refractivity contribution in [3.05, 3.63) is 0 Å². The van der Waals surface area contributed by atoms with Gasteiger partial charge in [-0.15, -0.1) is 0 Å².